The van der Waals surface area contributed by atoms with Gasteiger partial charge in [0.05, 0.1) is 0 Å². The van der Waals surface area contributed by atoms with Crippen LogP contribution in [0.2, 0.25) is 0 Å². The van der Waals surface area contributed by atoms with Crippen LogP contribution in [0, 0.1) is 12.7 Å². The summed E-state index contributed by atoms with van der Waals surface area (Å²) in [5, 5.41) is 6.88. The number of hydrogen-bond acceptors (Lipinski definition) is 2. The van der Waals surface area contributed by atoms with Crippen molar-refractivity contribution in [2.75, 3.05) is 13.1 Å². The predicted octanol–water partition coefficient (Wildman–Crippen LogP) is 3.82. The van der Waals surface area contributed by atoms with E-state index in [0.29, 0.717) is 5.92 Å². The second-order valence-corrected chi connectivity index (χ2v) is 5.64. The van der Waals surface area contributed by atoms with Crippen LogP contribution >= 0.6 is 11.3 Å². The van der Waals surface area contributed by atoms with Gasteiger partial charge in [-0.25, -0.2) is 4.39 Å². The van der Waals surface area contributed by atoms with Crippen molar-refractivity contribution < 1.29 is 4.39 Å². The van der Waals surface area contributed by atoms with Crippen LogP contribution in [0.4, 0.5) is 4.39 Å². The Bertz CT molecular complexity index is 540. The Morgan fingerprint density at radius 2 is 2.06 bits per heavy atom. The maximum Gasteiger partial charge on any atom is 0.127 e. The van der Waals surface area contributed by atoms with Gasteiger partial charge in [0.2, 0.25) is 0 Å². The monoisotopic (exact) mass is 249 g/mol. The third-order valence-electron chi connectivity index (χ3n) is 3.73. The number of hydrogen-bond donors (Lipinski definition) is 1. The van der Waals surface area contributed by atoms with E-state index in [4.69, 9.17) is 0 Å². The van der Waals surface area contributed by atoms with Crippen molar-refractivity contribution in [2.45, 2.75) is 25.7 Å². The summed E-state index contributed by atoms with van der Waals surface area (Å²) in [5.74, 6) is 0.561. The van der Waals surface area contributed by atoms with Crippen molar-refractivity contribution >= 4 is 21.4 Å². The third kappa shape index (κ3) is 1.87. The van der Waals surface area contributed by atoms with Gasteiger partial charge in [-0.05, 0) is 61.2 Å². The van der Waals surface area contributed by atoms with Gasteiger partial charge in [-0.1, -0.05) is 6.07 Å². The van der Waals surface area contributed by atoms with Gasteiger partial charge in [-0.3, -0.25) is 0 Å². The fourth-order valence-corrected chi connectivity index (χ4v) is 3.83. The second kappa shape index (κ2) is 4.39. The van der Waals surface area contributed by atoms with Crippen LogP contribution in [0.5, 0.6) is 0 Å². The molecule has 1 N–H and O–H groups in total. The first-order chi connectivity index (χ1) is 8.27. The maximum absolute atomic E-state index is 13.5. The lowest BCUT2D eigenvalue weighted by Crippen LogP contribution is -2.26. The highest BCUT2D eigenvalue weighted by atomic mass is 32.1. The fourth-order valence-electron chi connectivity index (χ4n) is 2.68. The van der Waals surface area contributed by atoms with Crippen LogP contribution in [-0.2, 0) is 0 Å². The maximum atomic E-state index is 13.5. The second-order valence-electron chi connectivity index (χ2n) is 4.76. The summed E-state index contributed by atoms with van der Waals surface area (Å²) in [6, 6.07) is 3.56. The minimum Gasteiger partial charge on any atom is -0.317 e. The highest BCUT2D eigenvalue weighted by Crippen LogP contribution is 2.37. The average molecular weight is 249 g/mol. The van der Waals surface area contributed by atoms with Crippen molar-refractivity contribution in [3.63, 3.8) is 0 Å². The SMILES string of the molecule is Cc1c(F)ccc2c(C3CCNCC3)csc12. The van der Waals surface area contributed by atoms with Crippen molar-refractivity contribution in [1.29, 1.82) is 0 Å². The molecule has 2 aromatic rings. The molecule has 0 aliphatic carbocycles. The van der Waals surface area contributed by atoms with Gasteiger partial charge in [0.25, 0.3) is 0 Å². The van der Waals surface area contributed by atoms with E-state index in [-0.39, 0.29) is 5.82 Å². The van der Waals surface area contributed by atoms with E-state index in [1.54, 1.807) is 17.4 Å². The normalized spacial score (nSPS) is 17.8. The van der Waals surface area contributed by atoms with Crippen LogP contribution < -0.4 is 5.32 Å². The molecule has 0 unspecified atom stereocenters. The van der Waals surface area contributed by atoms with E-state index in [2.05, 4.69) is 10.7 Å². The summed E-state index contributed by atoms with van der Waals surface area (Å²) in [4.78, 5) is 0. The van der Waals surface area contributed by atoms with Gasteiger partial charge in [0.15, 0.2) is 0 Å². The molecule has 1 nitrogen and oxygen atoms in total. The Labute approximate surface area is 105 Å². The smallest absolute Gasteiger partial charge is 0.127 e. The van der Waals surface area contributed by atoms with Gasteiger partial charge in [0, 0.05) is 10.3 Å². The first-order valence-electron chi connectivity index (χ1n) is 6.14. The number of thiophene rings is 1. The minimum absolute atomic E-state index is 0.0868. The number of nitrogens with one attached hydrogen (secondary N) is 1. The topological polar surface area (TPSA) is 12.0 Å². The van der Waals surface area contributed by atoms with Gasteiger partial charge in [-0.2, -0.15) is 0 Å². The quantitative estimate of drug-likeness (QED) is 0.810. The molecule has 0 spiro atoms. The number of fused-ring (bicyclic) bond motifs is 1. The zero-order chi connectivity index (χ0) is 11.8. The van der Waals surface area contributed by atoms with Crippen molar-refractivity contribution in [3.8, 4) is 0 Å². The van der Waals surface area contributed by atoms with Crippen LogP contribution in [0.1, 0.15) is 29.9 Å². The van der Waals surface area contributed by atoms with Gasteiger partial charge >= 0.3 is 0 Å². The Hall–Kier alpha value is -0.930. The number of rotatable bonds is 1. The molecule has 1 aliphatic heterocycles. The zero-order valence-electron chi connectivity index (χ0n) is 9.92. The van der Waals surface area contributed by atoms with Crippen LogP contribution in [0.3, 0.4) is 0 Å². The summed E-state index contributed by atoms with van der Waals surface area (Å²) in [5.41, 5.74) is 2.22. The van der Waals surface area contributed by atoms with Crippen molar-refractivity contribution in [2.24, 2.45) is 0 Å². The van der Waals surface area contributed by atoms with E-state index in [0.717, 1.165) is 23.4 Å². The van der Waals surface area contributed by atoms with Crippen molar-refractivity contribution in [1.82, 2.24) is 5.32 Å². The zero-order valence-corrected chi connectivity index (χ0v) is 10.7. The lowest BCUT2D eigenvalue weighted by atomic mass is 9.90. The molecule has 1 aromatic heterocycles. The van der Waals surface area contributed by atoms with Gasteiger partial charge in [0.1, 0.15) is 5.82 Å². The molecular formula is C14H16FNS. The van der Waals surface area contributed by atoms with Gasteiger partial charge in [-0.15, -0.1) is 11.3 Å². The summed E-state index contributed by atoms with van der Waals surface area (Å²) >= 11 is 1.69. The van der Waals surface area contributed by atoms with E-state index in [1.807, 2.05) is 13.0 Å². The minimum atomic E-state index is -0.0868. The number of aryl methyl sites for hydroxylation is 1. The van der Waals surface area contributed by atoms with E-state index < -0.39 is 0 Å². The molecule has 0 atom stereocenters. The summed E-state index contributed by atoms with van der Waals surface area (Å²) in [6.45, 7) is 4.07. The molecule has 3 heteroatoms. The first-order valence-corrected chi connectivity index (χ1v) is 7.02. The van der Waals surface area contributed by atoms with Crippen LogP contribution in [0.25, 0.3) is 10.1 Å². The summed E-state index contributed by atoms with van der Waals surface area (Å²) in [7, 11) is 0. The molecule has 3 rings (SSSR count). The molecule has 0 amide bonds. The van der Waals surface area contributed by atoms with Crippen LogP contribution in [-0.4, -0.2) is 13.1 Å². The molecule has 2 heterocycles. The highest BCUT2D eigenvalue weighted by molar-refractivity contribution is 7.17. The number of piperidine rings is 1. The molecule has 1 fully saturated rings. The molecule has 0 saturated carbocycles. The lowest BCUT2D eigenvalue weighted by Gasteiger charge is -2.22. The molecule has 0 bridgehead atoms. The Kier molecular flexibility index (Phi) is 2.89. The Balaban J connectivity index is 2.08. The Morgan fingerprint density at radius 1 is 1.29 bits per heavy atom. The standard InChI is InChI=1S/C14H16FNS/c1-9-13(15)3-2-11-12(8-17-14(9)11)10-4-6-16-7-5-10/h2-3,8,10,16H,4-7H2,1H3. The molecule has 1 saturated heterocycles. The van der Waals surface area contributed by atoms with Gasteiger partial charge < -0.3 is 5.32 Å². The largest absolute Gasteiger partial charge is 0.317 e. The van der Waals surface area contributed by atoms with E-state index in [1.165, 1.54) is 23.8 Å². The highest BCUT2D eigenvalue weighted by Gasteiger charge is 2.19. The number of halogens is 1. The lowest BCUT2D eigenvalue weighted by molar-refractivity contribution is 0.463. The number of benzene rings is 1. The fraction of sp³-hybridized carbons (Fsp3) is 0.429. The summed E-state index contributed by atoms with van der Waals surface area (Å²) < 4.78 is 14.6. The average Bonchev–Trinajstić information content (AvgIpc) is 2.79. The predicted molar refractivity (Wildman–Crippen MR) is 71.4 cm³/mol. The molecular weight excluding hydrogens is 233 g/mol. The van der Waals surface area contributed by atoms with Crippen LogP contribution in [0.15, 0.2) is 17.5 Å². The van der Waals surface area contributed by atoms with E-state index >= 15 is 0 Å². The molecule has 1 aliphatic rings. The van der Waals surface area contributed by atoms with Crippen molar-refractivity contribution in [3.05, 3.63) is 34.5 Å². The molecule has 17 heavy (non-hydrogen) atoms. The Morgan fingerprint density at radius 3 is 2.82 bits per heavy atom. The molecule has 1 aromatic carbocycles. The molecule has 0 radical (unpaired) electrons. The third-order valence-corrected chi connectivity index (χ3v) is 4.87. The first kappa shape index (κ1) is 11.2. The molecule has 90 valence electrons. The van der Waals surface area contributed by atoms with E-state index in [9.17, 15) is 4.39 Å². The summed E-state index contributed by atoms with van der Waals surface area (Å²) in [6.07, 6.45) is 2.39.